The van der Waals surface area contributed by atoms with Crippen LogP contribution < -0.4 is 16.0 Å². The van der Waals surface area contributed by atoms with Gasteiger partial charge in [0.05, 0.1) is 0 Å². The van der Waals surface area contributed by atoms with Crippen LogP contribution in [-0.2, 0) is 4.79 Å². The van der Waals surface area contributed by atoms with Crippen LogP contribution >= 0.6 is 12.2 Å². The van der Waals surface area contributed by atoms with Crippen molar-refractivity contribution in [2.75, 3.05) is 14.1 Å². The van der Waals surface area contributed by atoms with Gasteiger partial charge in [0.15, 0.2) is 5.11 Å². The minimum atomic E-state index is -0.672. The summed E-state index contributed by atoms with van der Waals surface area (Å²) < 4.78 is 0. The topological polar surface area (TPSA) is 53.2 Å². The van der Waals surface area contributed by atoms with Crippen molar-refractivity contribution in [2.45, 2.75) is 19.4 Å². The zero-order chi connectivity index (χ0) is 9.78. The van der Waals surface area contributed by atoms with Gasteiger partial charge in [-0.15, -0.1) is 0 Å². The molecule has 0 saturated carbocycles. The maximum atomic E-state index is 11.2. The minimum absolute atomic E-state index is 0.0971. The predicted octanol–water partition coefficient (Wildman–Crippen LogP) is -0.395. The molecule has 0 radical (unpaired) electrons. The summed E-state index contributed by atoms with van der Waals surface area (Å²) in [6.45, 7) is 3.52. The molecule has 70 valence electrons. The monoisotopic (exact) mass is 189 g/mol. The van der Waals surface area contributed by atoms with Crippen LogP contribution in [0.25, 0.3) is 0 Å². The number of carbonyl (C=O) groups excluding carboxylic acids is 1. The third-order valence-electron chi connectivity index (χ3n) is 1.45. The number of thiocarbonyl (C=S) groups is 1. The Kier molecular flexibility index (Phi) is 3.95. The van der Waals surface area contributed by atoms with Gasteiger partial charge in [0.25, 0.3) is 0 Å². The standard InChI is InChI=1S/C7H15N3OS/c1-7(2,5(11)8-3)10-6(12)9-4/h1-4H3,(H,8,11)(H2,9,10,12). The Morgan fingerprint density at radius 2 is 1.75 bits per heavy atom. The molecule has 0 aliphatic heterocycles. The average molecular weight is 189 g/mol. The van der Waals surface area contributed by atoms with Gasteiger partial charge < -0.3 is 16.0 Å². The molecule has 0 aromatic rings. The molecule has 0 spiro atoms. The maximum Gasteiger partial charge on any atom is 0.244 e. The summed E-state index contributed by atoms with van der Waals surface area (Å²) in [4.78, 5) is 11.2. The van der Waals surface area contributed by atoms with Gasteiger partial charge in [0.1, 0.15) is 5.54 Å². The fourth-order valence-corrected chi connectivity index (χ4v) is 0.971. The summed E-state index contributed by atoms with van der Waals surface area (Å²) in [6.07, 6.45) is 0. The highest BCUT2D eigenvalue weighted by Crippen LogP contribution is 2.00. The van der Waals surface area contributed by atoms with Gasteiger partial charge in [0, 0.05) is 14.1 Å². The lowest BCUT2D eigenvalue weighted by Gasteiger charge is -2.25. The van der Waals surface area contributed by atoms with E-state index in [1.165, 1.54) is 0 Å². The average Bonchev–Trinajstić information content (AvgIpc) is 2.02. The summed E-state index contributed by atoms with van der Waals surface area (Å²) in [5.74, 6) is -0.0971. The highest BCUT2D eigenvalue weighted by molar-refractivity contribution is 7.80. The van der Waals surface area contributed by atoms with Crippen molar-refractivity contribution < 1.29 is 4.79 Å². The van der Waals surface area contributed by atoms with Crippen LogP contribution in [-0.4, -0.2) is 30.7 Å². The number of likely N-dealkylation sites (N-methyl/N-ethyl adjacent to an activating group) is 1. The zero-order valence-corrected chi connectivity index (χ0v) is 8.63. The van der Waals surface area contributed by atoms with Crippen LogP contribution in [0.15, 0.2) is 0 Å². The third-order valence-corrected chi connectivity index (χ3v) is 1.75. The van der Waals surface area contributed by atoms with Crippen LogP contribution in [0.5, 0.6) is 0 Å². The second-order valence-corrected chi connectivity index (χ2v) is 3.32. The van der Waals surface area contributed by atoms with Gasteiger partial charge in [-0.1, -0.05) is 0 Å². The molecule has 0 heterocycles. The molecule has 3 N–H and O–H groups in total. The fraction of sp³-hybridized carbons (Fsp3) is 0.714. The van der Waals surface area contributed by atoms with E-state index >= 15 is 0 Å². The zero-order valence-electron chi connectivity index (χ0n) is 7.82. The van der Waals surface area contributed by atoms with E-state index in [1.54, 1.807) is 27.9 Å². The molecule has 5 heteroatoms. The van der Waals surface area contributed by atoms with Gasteiger partial charge in [-0.2, -0.15) is 0 Å². The summed E-state index contributed by atoms with van der Waals surface area (Å²) in [5, 5.41) is 8.61. The minimum Gasteiger partial charge on any atom is -0.366 e. The second kappa shape index (κ2) is 4.25. The van der Waals surface area contributed by atoms with Crippen molar-refractivity contribution in [3.05, 3.63) is 0 Å². The molecular weight excluding hydrogens is 174 g/mol. The van der Waals surface area contributed by atoms with E-state index in [0.29, 0.717) is 5.11 Å². The number of hydrogen-bond acceptors (Lipinski definition) is 2. The second-order valence-electron chi connectivity index (χ2n) is 2.91. The van der Waals surface area contributed by atoms with Crippen molar-refractivity contribution in [1.82, 2.24) is 16.0 Å². The summed E-state index contributed by atoms with van der Waals surface area (Å²) in [7, 11) is 3.30. The van der Waals surface area contributed by atoms with Gasteiger partial charge in [-0.05, 0) is 26.1 Å². The number of rotatable bonds is 2. The van der Waals surface area contributed by atoms with Gasteiger partial charge in [-0.3, -0.25) is 4.79 Å². The largest absolute Gasteiger partial charge is 0.366 e. The molecule has 12 heavy (non-hydrogen) atoms. The smallest absolute Gasteiger partial charge is 0.244 e. The summed E-state index contributed by atoms with van der Waals surface area (Å²) in [6, 6.07) is 0. The van der Waals surface area contributed by atoms with Crippen molar-refractivity contribution >= 4 is 23.2 Å². The Balaban J connectivity index is 4.21. The SMILES string of the molecule is CNC(=O)C(C)(C)NC(=S)NC. The van der Waals surface area contributed by atoms with Gasteiger partial charge in [-0.25, -0.2) is 0 Å². The molecule has 0 saturated heterocycles. The van der Waals surface area contributed by atoms with Crippen LogP contribution in [0.1, 0.15) is 13.8 Å². The summed E-state index contributed by atoms with van der Waals surface area (Å²) >= 11 is 4.87. The maximum absolute atomic E-state index is 11.2. The van der Waals surface area contributed by atoms with E-state index in [9.17, 15) is 4.79 Å². The molecule has 1 amide bonds. The molecule has 0 rings (SSSR count). The number of carbonyl (C=O) groups is 1. The predicted molar refractivity (Wildman–Crippen MR) is 52.9 cm³/mol. The van der Waals surface area contributed by atoms with Crippen LogP contribution in [0.3, 0.4) is 0 Å². The Bertz CT molecular complexity index is 191. The number of hydrogen-bond donors (Lipinski definition) is 3. The van der Waals surface area contributed by atoms with E-state index in [2.05, 4.69) is 16.0 Å². The van der Waals surface area contributed by atoms with Crippen LogP contribution in [0, 0.1) is 0 Å². The molecule has 0 bridgehead atoms. The third kappa shape index (κ3) is 3.04. The fourth-order valence-electron chi connectivity index (χ4n) is 0.716. The van der Waals surface area contributed by atoms with E-state index < -0.39 is 5.54 Å². The Morgan fingerprint density at radius 1 is 1.25 bits per heavy atom. The van der Waals surface area contributed by atoms with Gasteiger partial charge in [0.2, 0.25) is 5.91 Å². The molecule has 0 aromatic carbocycles. The number of nitrogens with one attached hydrogen (secondary N) is 3. The van der Waals surface area contributed by atoms with E-state index in [-0.39, 0.29) is 5.91 Å². The molecule has 0 fully saturated rings. The normalized spacial score (nSPS) is 10.3. The van der Waals surface area contributed by atoms with E-state index in [0.717, 1.165) is 0 Å². The first-order valence-electron chi connectivity index (χ1n) is 3.66. The molecule has 0 unspecified atom stereocenters. The molecule has 4 nitrogen and oxygen atoms in total. The molecule has 0 aromatic heterocycles. The Hall–Kier alpha value is -0.840. The van der Waals surface area contributed by atoms with Crippen molar-refractivity contribution in [3.63, 3.8) is 0 Å². The van der Waals surface area contributed by atoms with Crippen molar-refractivity contribution in [1.29, 1.82) is 0 Å². The first-order chi connectivity index (χ1) is 5.44. The van der Waals surface area contributed by atoms with E-state index in [4.69, 9.17) is 12.2 Å². The first kappa shape index (κ1) is 11.2. The molecule has 0 atom stereocenters. The van der Waals surface area contributed by atoms with E-state index in [1.807, 2.05) is 0 Å². The highest BCUT2D eigenvalue weighted by atomic mass is 32.1. The quantitative estimate of drug-likeness (QED) is 0.518. The Morgan fingerprint density at radius 3 is 2.08 bits per heavy atom. The molecular formula is C7H15N3OS. The van der Waals surface area contributed by atoms with Crippen molar-refractivity contribution in [3.8, 4) is 0 Å². The first-order valence-corrected chi connectivity index (χ1v) is 4.07. The van der Waals surface area contributed by atoms with Crippen LogP contribution in [0.2, 0.25) is 0 Å². The number of amides is 1. The lowest BCUT2D eigenvalue weighted by molar-refractivity contribution is -0.125. The molecule has 0 aliphatic carbocycles. The van der Waals surface area contributed by atoms with Crippen molar-refractivity contribution in [2.24, 2.45) is 0 Å². The lowest BCUT2D eigenvalue weighted by atomic mass is 10.1. The summed E-state index contributed by atoms with van der Waals surface area (Å²) in [5.41, 5.74) is -0.672. The Labute approximate surface area is 78.1 Å². The molecule has 0 aliphatic rings. The lowest BCUT2D eigenvalue weighted by Crippen LogP contribution is -2.55. The van der Waals surface area contributed by atoms with Crippen LogP contribution in [0.4, 0.5) is 0 Å². The highest BCUT2D eigenvalue weighted by Gasteiger charge is 2.26. The van der Waals surface area contributed by atoms with Gasteiger partial charge >= 0.3 is 0 Å².